The van der Waals surface area contributed by atoms with Crippen LogP contribution >= 0.6 is 0 Å². The number of ether oxygens (including phenoxy) is 2. The number of sulfonamides is 1. The first kappa shape index (κ1) is 17.9. The van der Waals surface area contributed by atoms with Crippen LogP contribution in [0.3, 0.4) is 0 Å². The normalized spacial score (nSPS) is 14.9. The Balaban J connectivity index is 1.75. The van der Waals surface area contributed by atoms with Crippen LogP contribution in [-0.4, -0.2) is 38.5 Å². The number of fused-ring (bicyclic) bond motifs is 3. The van der Waals surface area contributed by atoms with Gasteiger partial charge in [0, 0.05) is 42.2 Å². The van der Waals surface area contributed by atoms with Gasteiger partial charge in [-0.15, -0.1) is 0 Å². The molecule has 27 heavy (non-hydrogen) atoms. The highest BCUT2D eigenvalue weighted by atomic mass is 32.2. The van der Waals surface area contributed by atoms with Gasteiger partial charge in [0.1, 0.15) is 16.4 Å². The SMILES string of the molecule is COc1ccc(S(=O)(=O)N2CCc3[nH]c4ccc(C)cc4c3C2)c(OC)c1. The van der Waals surface area contributed by atoms with E-state index in [4.69, 9.17) is 9.47 Å². The minimum absolute atomic E-state index is 0.158. The van der Waals surface area contributed by atoms with Gasteiger partial charge in [-0.3, -0.25) is 0 Å². The molecule has 7 heteroatoms. The molecule has 6 nitrogen and oxygen atoms in total. The van der Waals surface area contributed by atoms with Crippen LogP contribution < -0.4 is 9.47 Å². The molecule has 0 spiro atoms. The van der Waals surface area contributed by atoms with Gasteiger partial charge in [0.25, 0.3) is 0 Å². The lowest BCUT2D eigenvalue weighted by Crippen LogP contribution is -2.36. The third-order valence-corrected chi connectivity index (χ3v) is 6.97. The van der Waals surface area contributed by atoms with Crippen molar-refractivity contribution in [2.75, 3.05) is 20.8 Å². The largest absolute Gasteiger partial charge is 0.497 e. The van der Waals surface area contributed by atoms with Gasteiger partial charge in [-0.2, -0.15) is 4.31 Å². The molecule has 0 fully saturated rings. The van der Waals surface area contributed by atoms with Crippen LogP contribution in [0.5, 0.6) is 11.5 Å². The maximum absolute atomic E-state index is 13.3. The van der Waals surface area contributed by atoms with Crippen LogP contribution in [-0.2, 0) is 23.0 Å². The molecule has 3 aromatic rings. The summed E-state index contributed by atoms with van der Waals surface area (Å²) >= 11 is 0. The Labute approximate surface area is 158 Å². The lowest BCUT2D eigenvalue weighted by Gasteiger charge is -2.27. The van der Waals surface area contributed by atoms with Crippen molar-refractivity contribution < 1.29 is 17.9 Å². The molecule has 1 aliphatic heterocycles. The van der Waals surface area contributed by atoms with Crippen LogP contribution in [0.15, 0.2) is 41.3 Å². The molecule has 0 atom stereocenters. The van der Waals surface area contributed by atoms with Crippen molar-refractivity contribution in [3.63, 3.8) is 0 Å². The molecule has 0 saturated heterocycles. The fourth-order valence-corrected chi connectivity index (χ4v) is 5.18. The number of aryl methyl sites for hydroxylation is 1. The van der Waals surface area contributed by atoms with Gasteiger partial charge in [0.15, 0.2) is 0 Å². The topological polar surface area (TPSA) is 71.6 Å². The molecule has 0 aliphatic carbocycles. The van der Waals surface area contributed by atoms with E-state index < -0.39 is 10.0 Å². The molecule has 0 radical (unpaired) electrons. The predicted molar refractivity (Wildman–Crippen MR) is 104 cm³/mol. The van der Waals surface area contributed by atoms with E-state index >= 15 is 0 Å². The molecule has 4 rings (SSSR count). The fraction of sp³-hybridized carbons (Fsp3) is 0.300. The smallest absolute Gasteiger partial charge is 0.247 e. The lowest BCUT2D eigenvalue weighted by molar-refractivity contribution is 0.372. The van der Waals surface area contributed by atoms with Gasteiger partial charge in [-0.05, 0) is 36.8 Å². The Morgan fingerprint density at radius 2 is 1.89 bits per heavy atom. The lowest BCUT2D eigenvalue weighted by atomic mass is 10.0. The molecule has 1 N–H and O–H groups in total. The second-order valence-electron chi connectivity index (χ2n) is 6.74. The molecule has 2 heterocycles. The number of nitrogens with one attached hydrogen (secondary N) is 1. The van der Waals surface area contributed by atoms with E-state index in [0.717, 1.165) is 27.7 Å². The number of benzene rings is 2. The quantitative estimate of drug-likeness (QED) is 0.747. The number of aromatic nitrogens is 1. The number of rotatable bonds is 4. The fourth-order valence-electron chi connectivity index (χ4n) is 3.64. The molecule has 0 unspecified atom stereocenters. The molecule has 2 aromatic carbocycles. The maximum Gasteiger partial charge on any atom is 0.247 e. The second kappa shape index (κ2) is 6.58. The average Bonchev–Trinajstić information content (AvgIpc) is 3.04. The molecule has 0 saturated carbocycles. The van der Waals surface area contributed by atoms with Crippen molar-refractivity contribution in [1.29, 1.82) is 0 Å². The summed E-state index contributed by atoms with van der Waals surface area (Å²) in [6.07, 6.45) is 0.654. The van der Waals surface area contributed by atoms with Gasteiger partial charge in [0.2, 0.25) is 10.0 Å². The van der Waals surface area contributed by atoms with E-state index in [9.17, 15) is 8.42 Å². The molecular formula is C20H22N2O4S. The minimum atomic E-state index is -3.69. The first-order valence-electron chi connectivity index (χ1n) is 8.76. The molecule has 0 bridgehead atoms. The molecule has 1 aromatic heterocycles. The Hall–Kier alpha value is -2.51. The summed E-state index contributed by atoms with van der Waals surface area (Å²) < 4.78 is 38.6. The first-order chi connectivity index (χ1) is 12.9. The maximum atomic E-state index is 13.3. The van der Waals surface area contributed by atoms with E-state index in [1.165, 1.54) is 18.5 Å². The van der Waals surface area contributed by atoms with Gasteiger partial charge < -0.3 is 14.5 Å². The highest BCUT2D eigenvalue weighted by Crippen LogP contribution is 2.35. The number of hydrogen-bond acceptors (Lipinski definition) is 4. The van der Waals surface area contributed by atoms with Gasteiger partial charge in [0.05, 0.1) is 14.2 Å². The van der Waals surface area contributed by atoms with Crippen molar-refractivity contribution in [2.45, 2.75) is 24.8 Å². The number of hydrogen-bond donors (Lipinski definition) is 1. The molecule has 1 aliphatic rings. The Morgan fingerprint density at radius 3 is 2.63 bits per heavy atom. The highest BCUT2D eigenvalue weighted by Gasteiger charge is 2.32. The van der Waals surface area contributed by atoms with E-state index in [1.807, 2.05) is 13.0 Å². The van der Waals surface area contributed by atoms with E-state index in [0.29, 0.717) is 25.3 Å². The van der Waals surface area contributed by atoms with Crippen LogP contribution in [0.4, 0.5) is 0 Å². The van der Waals surface area contributed by atoms with Crippen molar-refractivity contribution in [1.82, 2.24) is 9.29 Å². The Bertz CT molecular complexity index is 1120. The summed E-state index contributed by atoms with van der Waals surface area (Å²) in [5.41, 5.74) is 4.37. The molecule has 0 amide bonds. The zero-order valence-corrected chi connectivity index (χ0v) is 16.4. The van der Waals surface area contributed by atoms with E-state index in [2.05, 4.69) is 17.1 Å². The zero-order valence-electron chi connectivity index (χ0n) is 15.6. The van der Waals surface area contributed by atoms with Gasteiger partial charge in [-0.25, -0.2) is 8.42 Å². The van der Waals surface area contributed by atoms with Crippen molar-refractivity contribution in [3.8, 4) is 11.5 Å². The highest BCUT2D eigenvalue weighted by molar-refractivity contribution is 7.89. The summed E-state index contributed by atoms with van der Waals surface area (Å²) in [6, 6.07) is 11.0. The number of nitrogens with zero attached hydrogens (tertiary/aromatic N) is 1. The van der Waals surface area contributed by atoms with Crippen molar-refractivity contribution in [2.24, 2.45) is 0 Å². The summed E-state index contributed by atoms with van der Waals surface area (Å²) in [7, 11) is -0.692. The summed E-state index contributed by atoms with van der Waals surface area (Å²) in [6.45, 7) is 2.81. The molecule has 142 valence electrons. The summed E-state index contributed by atoms with van der Waals surface area (Å²) in [4.78, 5) is 3.59. The standard InChI is InChI=1S/C20H22N2O4S/c1-13-4-6-17-15(10-13)16-12-22(9-8-18(16)21-17)27(23,24)20-7-5-14(25-2)11-19(20)26-3/h4-7,10-11,21H,8-9,12H2,1-3H3. The second-order valence-corrected chi connectivity index (χ2v) is 8.64. The number of H-pyrrole nitrogens is 1. The number of methoxy groups -OCH3 is 2. The summed E-state index contributed by atoms with van der Waals surface area (Å²) in [5.74, 6) is 0.841. The predicted octanol–water partition coefficient (Wildman–Crippen LogP) is 3.24. The Kier molecular flexibility index (Phi) is 4.36. The van der Waals surface area contributed by atoms with Crippen molar-refractivity contribution in [3.05, 3.63) is 53.2 Å². The van der Waals surface area contributed by atoms with Gasteiger partial charge in [-0.1, -0.05) is 11.6 Å². The first-order valence-corrected chi connectivity index (χ1v) is 10.2. The van der Waals surface area contributed by atoms with E-state index in [1.54, 1.807) is 18.2 Å². The van der Waals surface area contributed by atoms with Crippen molar-refractivity contribution >= 4 is 20.9 Å². The average molecular weight is 386 g/mol. The minimum Gasteiger partial charge on any atom is -0.497 e. The number of aromatic amines is 1. The molecular weight excluding hydrogens is 364 g/mol. The van der Waals surface area contributed by atoms with Crippen LogP contribution in [0.2, 0.25) is 0 Å². The van der Waals surface area contributed by atoms with Crippen LogP contribution in [0, 0.1) is 6.92 Å². The van der Waals surface area contributed by atoms with Crippen LogP contribution in [0.1, 0.15) is 16.8 Å². The summed E-state index contributed by atoms with van der Waals surface area (Å²) in [5, 5.41) is 1.09. The third kappa shape index (κ3) is 2.96. The van der Waals surface area contributed by atoms with E-state index in [-0.39, 0.29) is 10.6 Å². The zero-order chi connectivity index (χ0) is 19.2. The Morgan fingerprint density at radius 1 is 1.07 bits per heavy atom. The van der Waals surface area contributed by atoms with Crippen LogP contribution in [0.25, 0.3) is 10.9 Å². The van der Waals surface area contributed by atoms with Gasteiger partial charge >= 0.3 is 0 Å². The third-order valence-electron chi connectivity index (χ3n) is 5.08. The monoisotopic (exact) mass is 386 g/mol.